The van der Waals surface area contributed by atoms with Gasteiger partial charge in [-0.25, -0.2) is 4.98 Å². The Balaban J connectivity index is 1.94. The number of rotatable bonds is 2. The molecule has 4 heteroatoms. The van der Waals surface area contributed by atoms with Crippen molar-refractivity contribution in [3.8, 4) is 0 Å². The lowest BCUT2D eigenvalue weighted by Gasteiger charge is -2.48. The summed E-state index contributed by atoms with van der Waals surface area (Å²) in [6.45, 7) is 8.46. The molecule has 0 amide bonds. The average Bonchev–Trinajstić information content (AvgIpc) is 2.56. The number of pyridine rings is 2. The van der Waals surface area contributed by atoms with Gasteiger partial charge in [0, 0.05) is 29.4 Å². The van der Waals surface area contributed by atoms with Crippen LogP contribution in [0.1, 0.15) is 42.7 Å². The molecule has 2 aliphatic carbocycles. The molecule has 0 saturated heterocycles. The zero-order valence-electron chi connectivity index (χ0n) is 15.8. The fourth-order valence-corrected chi connectivity index (χ4v) is 4.74. The van der Waals surface area contributed by atoms with E-state index in [9.17, 15) is 4.79 Å². The van der Waals surface area contributed by atoms with Gasteiger partial charge in [0.25, 0.3) is 0 Å². The van der Waals surface area contributed by atoms with E-state index >= 15 is 0 Å². The molecule has 0 spiro atoms. The normalized spacial score (nSPS) is 25.6. The van der Waals surface area contributed by atoms with Gasteiger partial charge in [0.2, 0.25) is 5.56 Å². The van der Waals surface area contributed by atoms with E-state index in [0.29, 0.717) is 5.92 Å². The Morgan fingerprint density at radius 1 is 1.31 bits per heavy atom. The first kappa shape index (κ1) is 16.8. The summed E-state index contributed by atoms with van der Waals surface area (Å²) in [6, 6.07) is 5.78. The van der Waals surface area contributed by atoms with E-state index in [2.05, 4.69) is 61.2 Å². The fourth-order valence-electron chi connectivity index (χ4n) is 4.74. The number of anilines is 1. The van der Waals surface area contributed by atoms with Crippen molar-refractivity contribution < 1.29 is 0 Å². The minimum Gasteiger partial charge on any atom is -0.356 e. The SMILES string of the molecule is C/C=C1\[C@H]2C=C(C)C[C@]1(Nc1ncc(C)cc1C)c1ccc(=O)[nH]c1C2. The molecule has 26 heavy (non-hydrogen) atoms. The maximum absolute atomic E-state index is 11.9. The first-order valence-electron chi connectivity index (χ1n) is 9.21. The molecule has 0 radical (unpaired) electrons. The number of hydrogen-bond acceptors (Lipinski definition) is 3. The van der Waals surface area contributed by atoms with E-state index in [4.69, 9.17) is 0 Å². The molecule has 2 atom stereocenters. The molecule has 2 heterocycles. The molecule has 0 aliphatic heterocycles. The molecule has 4 nitrogen and oxygen atoms in total. The van der Waals surface area contributed by atoms with Crippen LogP contribution in [0.15, 0.2) is 52.5 Å². The zero-order chi connectivity index (χ0) is 18.5. The van der Waals surface area contributed by atoms with Crippen LogP contribution in [0.4, 0.5) is 5.82 Å². The number of nitrogens with zero attached hydrogens (tertiary/aromatic N) is 1. The highest BCUT2D eigenvalue weighted by atomic mass is 16.1. The number of nitrogens with one attached hydrogen (secondary N) is 2. The van der Waals surface area contributed by atoms with Crippen molar-refractivity contribution in [2.24, 2.45) is 5.92 Å². The third kappa shape index (κ3) is 2.52. The van der Waals surface area contributed by atoms with Gasteiger partial charge in [-0.15, -0.1) is 0 Å². The molecule has 2 aliphatic rings. The summed E-state index contributed by atoms with van der Waals surface area (Å²) < 4.78 is 0. The van der Waals surface area contributed by atoms with E-state index in [0.717, 1.165) is 41.0 Å². The lowest BCUT2D eigenvalue weighted by molar-refractivity contribution is 0.438. The summed E-state index contributed by atoms with van der Waals surface area (Å²) in [4.78, 5) is 19.7. The Morgan fingerprint density at radius 3 is 2.85 bits per heavy atom. The van der Waals surface area contributed by atoms with Gasteiger partial charge in [-0.2, -0.15) is 0 Å². The summed E-state index contributed by atoms with van der Waals surface area (Å²) in [6.07, 6.45) is 8.20. The second-order valence-electron chi connectivity index (χ2n) is 7.67. The van der Waals surface area contributed by atoms with Gasteiger partial charge in [-0.3, -0.25) is 4.79 Å². The topological polar surface area (TPSA) is 57.8 Å². The van der Waals surface area contributed by atoms with Gasteiger partial charge in [0.15, 0.2) is 0 Å². The predicted molar refractivity (Wildman–Crippen MR) is 105 cm³/mol. The number of fused-ring (bicyclic) bond motifs is 4. The molecule has 0 unspecified atom stereocenters. The second-order valence-corrected chi connectivity index (χ2v) is 7.67. The Labute approximate surface area is 154 Å². The van der Waals surface area contributed by atoms with Crippen LogP contribution in [0.5, 0.6) is 0 Å². The van der Waals surface area contributed by atoms with Gasteiger partial charge in [0.1, 0.15) is 5.82 Å². The van der Waals surface area contributed by atoms with E-state index in [1.54, 1.807) is 6.07 Å². The average molecular weight is 347 g/mol. The van der Waals surface area contributed by atoms with E-state index in [-0.39, 0.29) is 11.1 Å². The number of aromatic nitrogens is 2. The Kier molecular flexibility index (Phi) is 3.87. The van der Waals surface area contributed by atoms with Crippen LogP contribution in [-0.2, 0) is 12.0 Å². The molecule has 4 rings (SSSR count). The van der Waals surface area contributed by atoms with Crippen molar-refractivity contribution >= 4 is 5.82 Å². The van der Waals surface area contributed by atoms with Crippen LogP contribution in [-0.4, -0.2) is 9.97 Å². The monoisotopic (exact) mass is 347 g/mol. The van der Waals surface area contributed by atoms with E-state index in [1.807, 2.05) is 12.3 Å². The molecule has 134 valence electrons. The van der Waals surface area contributed by atoms with Crippen LogP contribution in [0.25, 0.3) is 0 Å². The summed E-state index contributed by atoms with van der Waals surface area (Å²) in [5, 5.41) is 3.79. The van der Waals surface area contributed by atoms with Crippen molar-refractivity contribution in [2.45, 2.75) is 46.1 Å². The predicted octanol–water partition coefficient (Wildman–Crippen LogP) is 4.16. The van der Waals surface area contributed by atoms with Crippen molar-refractivity contribution in [1.82, 2.24) is 9.97 Å². The largest absolute Gasteiger partial charge is 0.356 e. The quantitative estimate of drug-likeness (QED) is 0.802. The van der Waals surface area contributed by atoms with Crippen LogP contribution in [0.3, 0.4) is 0 Å². The molecular weight excluding hydrogens is 322 g/mol. The number of H-pyrrole nitrogens is 1. The van der Waals surface area contributed by atoms with Gasteiger partial charge in [-0.05, 0) is 63.3 Å². The zero-order valence-corrected chi connectivity index (χ0v) is 15.8. The summed E-state index contributed by atoms with van der Waals surface area (Å²) in [5.74, 6) is 1.21. The highest BCUT2D eigenvalue weighted by Crippen LogP contribution is 2.51. The summed E-state index contributed by atoms with van der Waals surface area (Å²) in [7, 11) is 0. The maximum atomic E-state index is 11.9. The number of hydrogen-bond donors (Lipinski definition) is 2. The highest BCUT2D eigenvalue weighted by Gasteiger charge is 2.47. The van der Waals surface area contributed by atoms with Crippen LogP contribution in [0, 0.1) is 19.8 Å². The highest BCUT2D eigenvalue weighted by molar-refractivity contribution is 5.58. The lowest BCUT2D eigenvalue weighted by atomic mass is 9.63. The van der Waals surface area contributed by atoms with Crippen molar-refractivity contribution in [1.29, 1.82) is 0 Å². The van der Waals surface area contributed by atoms with E-state index in [1.165, 1.54) is 11.1 Å². The molecular formula is C22H25N3O. The van der Waals surface area contributed by atoms with E-state index < -0.39 is 0 Å². The number of allylic oxidation sites excluding steroid dienone is 2. The molecule has 0 saturated carbocycles. The Hall–Kier alpha value is -2.62. The van der Waals surface area contributed by atoms with Gasteiger partial charge in [-0.1, -0.05) is 23.8 Å². The summed E-state index contributed by atoms with van der Waals surface area (Å²) >= 11 is 0. The molecule has 0 aromatic carbocycles. The summed E-state index contributed by atoms with van der Waals surface area (Å²) in [5.41, 5.74) is 6.83. The first-order chi connectivity index (χ1) is 12.4. The standard InChI is InChI=1S/C22H25N3O/c1-5-17-16-9-13(2)11-22(17,18-6-7-20(26)24-19(18)10-16)25-21-15(4)8-14(3)12-23-21/h5-9,12,16H,10-11H2,1-4H3,(H,23,25)(H,24,26)/b17-5+/t16-,22+/m0/s1. The fraction of sp³-hybridized carbons (Fsp3) is 0.364. The Bertz CT molecular complexity index is 999. The van der Waals surface area contributed by atoms with Crippen LogP contribution < -0.4 is 10.9 Å². The van der Waals surface area contributed by atoms with Crippen molar-refractivity contribution in [2.75, 3.05) is 5.32 Å². The first-order valence-corrected chi connectivity index (χ1v) is 9.21. The lowest BCUT2D eigenvalue weighted by Crippen LogP contribution is -2.47. The number of aryl methyl sites for hydroxylation is 2. The van der Waals surface area contributed by atoms with Gasteiger partial charge in [0.05, 0.1) is 5.54 Å². The third-order valence-corrected chi connectivity index (χ3v) is 5.66. The smallest absolute Gasteiger partial charge is 0.248 e. The van der Waals surface area contributed by atoms with Gasteiger partial charge >= 0.3 is 0 Å². The van der Waals surface area contributed by atoms with Crippen molar-refractivity contribution in [3.05, 3.63) is 80.4 Å². The third-order valence-electron chi connectivity index (χ3n) is 5.66. The molecule has 0 fully saturated rings. The Morgan fingerprint density at radius 2 is 2.12 bits per heavy atom. The van der Waals surface area contributed by atoms with Gasteiger partial charge < -0.3 is 10.3 Å². The van der Waals surface area contributed by atoms with Crippen LogP contribution >= 0.6 is 0 Å². The molecule has 2 aromatic heterocycles. The minimum atomic E-state index is -0.358. The molecule has 2 N–H and O–H groups in total. The number of aromatic amines is 1. The molecule has 2 aromatic rings. The van der Waals surface area contributed by atoms with Crippen LogP contribution in [0.2, 0.25) is 0 Å². The van der Waals surface area contributed by atoms with Crippen molar-refractivity contribution in [3.63, 3.8) is 0 Å². The molecule has 2 bridgehead atoms. The second kappa shape index (κ2) is 5.97. The minimum absolute atomic E-state index is 0.0359. The maximum Gasteiger partial charge on any atom is 0.248 e.